The first-order valence-electron chi connectivity index (χ1n) is 8.83. The molecule has 25 heavy (non-hydrogen) atoms. The molecule has 1 aromatic carbocycles. The number of rotatable bonds is 4. The van der Waals surface area contributed by atoms with Crippen molar-refractivity contribution in [2.75, 3.05) is 26.2 Å². The van der Waals surface area contributed by atoms with Gasteiger partial charge in [-0.2, -0.15) is 0 Å². The zero-order valence-electron chi connectivity index (χ0n) is 14.4. The van der Waals surface area contributed by atoms with Gasteiger partial charge in [0, 0.05) is 37.4 Å². The summed E-state index contributed by atoms with van der Waals surface area (Å²) in [7, 11) is 0. The highest BCUT2D eigenvalue weighted by atomic mass is 16.5. The van der Waals surface area contributed by atoms with Crippen LogP contribution in [0, 0.1) is 18.8 Å². The lowest BCUT2D eigenvalue weighted by atomic mass is 10.0. The molecule has 2 saturated heterocycles. The third kappa shape index (κ3) is 3.51. The summed E-state index contributed by atoms with van der Waals surface area (Å²) in [6.45, 7) is 6.18. The Morgan fingerprint density at radius 3 is 2.76 bits per heavy atom. The van der Waals surface area contributed by atoms with E-state index in [4.69, 9.17) is 4.74 Å². The number of ether oxygens (including phenoxy) is 1. The fourth-order valence-corrected chi connectivity index (χ4v) is 3.70. The molecule has 3 heterocycles. The van der Waals surface area contributed by atoms with Crippen LogP contribution in [-0.4, -0.2) is 42.0 Å². The smallest absolute Gasteiger partial charge is 0.253 e. The molecule has 0 radical (unpaired) electrons. The first-order valence-corrected chi connectivity index (χ1v) is 8.83. The lowest BCUT2D eigenvalue weighted by molar-refractivity contribution is 0.0781. The molecule has 2 aliphatic heterocycles. The number of likely N-dealkylation sites (tertiary alicyclic amines) is 1. The molecule has 5 heteroatoms. The van der Waals surface area contributed by atoms with Crippen molar-refractivity contribution in [3.63, 3.8) is 0 Å². The summed E-state index contributed by atoms with van der Waals surface area (Å²) in [5, 5.41) is 3.41. The van der Waals surface area contributed by atoms with Crippen LogP contribution in [0.15, 0.2) is 42.6 Å². The van der Waals surface area contributed by atoms with Gasteiger partial charge >= 0.3 is 0 Å². The van der Waals surface area contributed by atoms with Crippen LogP contribution in [0.25, 0.3) is 0 Å². The first kappa shape index (κ1) is 16.1. The van der Waals surface area contributed by atoms with E-state index >= 15 is 0 Å². The Balaban J connectivity index is 1.40. The second-order valence-electron chi connectivity index (χ2n) is 7.01. The van der Waals surface area contributed by atoms with E-state index in [0.717, 1.165) is 48.7 Å². The Morgan fingerprint density at radius 1 is 1.24 bits per heavy atom. The standard InChI is InChI=1S/C20H23N3O2/c1-14-5-6-19(10-22-14)25-13-15-3-2-4-16(7-15)20(24)23-11-17-8-21-9-18(17)12-23/h2-7,10,17-18,21H,8-9,11-13H2,1H3/t17-,18+. The summed E-state index contributed by atoms with van der Waals surface area (Å²) < 4.78 is 5.77. The second kappa shape index (κ2) is 6.84. The van der Waals surface area contributed by atoms with E-state index in [9.17, 15) is 4.79 Å². The fourth-order valence-electron chi connectivity index (χ4n) is 3.70. The molecule has 4 rings (SSSR count). The van der Waals surface area contributed by atoms with Crippen LogP contribution >= 0.6 is 0 Å². The van der Waals surface area contributed by atoms with Gasteiger partial charge in [0.15, 0.2) is 0 Å². The predicted octanol–water partition coefficient (Wildman–Crippen LogP) is 2.26. The van der Waals surface area contributed by atoms with E-state index in [1.54, 1.807) is 6.20 Å². The topological polar surface area (TPSA) is 54.5 Å². The normalized spacial score (nSPS) is 22.0. The average Bonchev–Trinajstić information content (AvgIpc) is 3.23. The van der Waals surface area contributed by atoms with Gasteiger partial charge in [0.05, 0.1) is 6.20 Å². The molecule has 0 saturated carbocycles. The number of nitrogens with one attached hydrogen (secondary N) is 1. The van der Waals surface area contributed by atoms with Crippen molar-refractivity contribution < 1.29 is 9.53 Å². The molecular formula is C20H23N3O2. The maximum absolute atomic E-state index is 12.8. The third-order valence-corrected chi connectivity index (χ3v) is 5.14. The molecule has 0 aliphatic carbocycles. The van der Waals surface area contributed by atoms with Crippen LogP contribution in [0.5, 0.6) is 5.75 Å². The van der Waals surface area contributed by atoms with Crippen molar-refractivity contribution in [3.05, 3.63) is 59.4 Å². The summed E-state index contributed by atoms with van der Waals surface area (Å²) in [6, 6.07) is 11.6. The van der Waals surface area contributed by atoms with Crippen LogP contribution in [0.3, 0.4) is 0 Å². The molecule has 130 valence electrons. The molecule has 0 unspecified atom stereocenters. The molecular weight excluding hydrogens is 314 g/mol. The molecule has 5 nitrogen and oxygen atoms in total. The number of benzene rings is 1. The number of pyridine rings is 1. The molecule has 1 N–H and O–H groups in total. The number of hydrogen-bond acceptors (Lipinski definition) is 4. The quantitative estimate of drug-likeness (QED) is 0.930. The maximum atomic E-state index is 12.8. The second-order valence-corrected chi connectivity index (χ2v) is 7.01. The largest absolute Gasteiger partial charge is 0.487 e. The summed E-state index contributed by atoms with van der Waals surface area (Å²) in [5.74, 6) is 2.10. The number of amides is 1. The van der Waals surface area contributed by atoms with Crippen LogP contribution in [-0.2, 0) is 6.61 Å². The minimum absolute atomic E-state index is 0.133. The van der Waals surface area contributed by atoms with Crippen molar-refractivity contribution in [1.29, 1.82) is 0 Å². The number of hydrogen-bond donors (Lipinski definition) is 1. The van der Waals surface area contributed by atoms with E-state index in [-0.39, 0.29) is 5.91 Å². The van der Waals surface area contributed by atoms with Crippen LogP contribution in [0.1, 0.15) is 21.6 Å². The zero-order valence-corrected chi connectivity index (χ0v) is 14.4. The highest BCUT2D eigenvalue weighted by molar-refractivity contribution is 5.94. The number of carbonyl (C=O) groups excluding carboxylic acids is 1. The third-order valence-electron chi connectivity index (χ3n) is 5.14. The fraction of sp³-hybridized carbons (Fsp3) is 0.400. The van der Waals surface area contributed by atoms with Crippen molar-refractivity contribution in [2.24, 2.45) is 11.8 Å². The van der Waals surface area contributed by atoms with Crippen molar-refractivity contribution in [2.45, 2.75) is 13.5 Å². The van der Waals surface area contributed by atoms with Gasteiger partial charge in [0.1, 0.15) is 12.4 Å². The minimum Gasteiger partial charge on any atom is -0.487 e. The lowest BCUT2D eigenvalue weighted by Gasteiger charge is -2.18. The Kier molecular flexibility index (Phi) is 4.40. The molecule has 1 aromatic heterocycles. The summed E-state index contributed by atoms with van der Waals surface area (Å²) in [4.78, 5) is 19.0. The monoisotopic (exact) mass is 337 g/mol. The van der Waals surface area contributed by atoms with Gasteiger partial charge in [-0.15, -0.1) is 0 Å². The lowest BCUT2D eigenvalue weighted by Crippen LogP contribution is -2.31. The number of carbonyl (C=O) groups is 1. The van der Waals surface area contributed by atoms with Crippen molar-refractivity contribution in [1.82, 2.24) is 15.2 Å². The summed E-state index contributed by atoms with van der Waals surface area (Å²) in [5.41, 5.74) is 2.70. The number of fused-ring (bicyclic) bond motifs is 1. The van der Waals surface area contributed by atoms with Crippen LogP contribution in [0.2, 0.25) is 0 Å². The maximum Gasteiger partial charge on any atom is 0.253 e. The van der Waals surface area contributed by atoms with Crippen molar-refractivity contribution >= 4 is 5.91 Å². The Morgan fingerprint density at radius 2 is 2.04 bits per heavy atom. The molecule has 0 spiro atoms. The van der Waals surface area contributed by atoms with E-state index in [0.29, 0.717) is 18.4 Å². The molecule has 2 atom stereocenters. The SMILES string of the molecule is Cc1ccc(OCc2cccc(C(=O)N3C[C@H]4CNC[C@H]4C3)c2)cn1. The van der Waals surface area contributed by atoms with Crippen LogP contribution in [0.4, 0.5) is 0 Å². The van der Waals surface area contributed by atoms with Gasteiger partial charge in [-0.25, -0.2) is 0 Å². The van der Waals surface area contributed by atoms with E-state index < -0.39 is 0 Å². The Bertz CT molecular complexity index is 748. The van der Waals surface area contributed by atoms with E-state index in [2.05, 4.69) is 10.3 Å². The first-order chi connectivity index (χ1) is 12.2. The summed E-state index contributed by atoms with van der Waals surface area (Å²) >= 11 is 0. The molecule has 1 amide bonds. The molecule has 2 aromatic rings. The zero-order chi connectivity index (χ0) is 17.2. The Hall–Kier alpha value is -2.40. The van der Waals surface area contributed by atoms with E-state index in [1.165, 1.54) is 0 Å². The molecule has 0 bridgehead atoms. The average molecular weight is 337 g/mol. The minimum atomic E-state index is 0.133. The highest BCUT2D eigenvalue weighted by Crippen LogP contribution is 2.27. The molecule has 2 fully saturated rings. The number of aryl methyl sites for hydroxylation is 1. The van der Waals surface area contributed by atoms with Gasteiger partial charge in [-0.1, -0.05) is 12.1 Å². The van der Waals surface area contributed by atoms with Crippen molar-refractivity contribution in [3.8, 4) is 5.75 Å². The Labute approximate surface area is 148 Å². The van der Waals surface area contributed by atoms with E-state index in [1.807, 2.05) is 48.2 Å². The number of nitrogens with zero attached hydrogens (tertiary/aromatic N) is 2. The number of aromatic nitrogens is 1. The van der Waals surface area contributed by atoms with Gasteiger partial charge in [-0.3, -0.25) is 9.78 Å². The summed E-state index contributed by atoms with van der Waals surface area (Å²) in [6.07, 6.45) is 1.72. The highest BCUT2D eigenvalue weighted by Gasteiger charge is 2.38. The van der Waals surface area contributed by atoms with Gasteiger partial charge < -0.3 is 15.0 Å². The van der Waals surface area contributed by atoms with Gasteiger partial charge in [0.2, 0.25) is 0 Å². The molecule has 2 aliphatic rings. The van der Waals surface area contributed by atoms with Gasteiger partial charge in [0.25, 0.3) is 5.91 Å². The predicted molar refractivity (Wildman–Crippen MR) is 95.5 cm³/mol. The van der Waals surface area contributed by atoms with Crippen LogP contribution < -0.4 is 10.1 Å². The van der Waals surface area contributed by atoms with Gasteiger partial charge in [-0.05, 0) is 48.6 Å².